The number of nitrogens with zero attached hydrogens (tertiary/aromatic N) is 1. The first kappa shape index (κ1) is 12.4. The van der Waals surface area contributed by atoms with E-state index in [4.69, 9.17) is 15.7 Å². The van der Waals surface area contributed by atoms with E-state index < -0.39 is 5.82 Å². The average Bonchev–Trinajstić information content (AvgIpc) is 2.67. The summed E-state index contributed by atoms with van der Waals surface area (Å²) in [6, 6.07) is 6.65. The molecule has 0 aliphatic heterocycles. The summed E-state index contributed by atoms with van der Waals surface area (Å²) in [5, 5.41) is 8.94. The van der Waals surface area contributed by atoms with Crippen LogP contribution in [0.15, 0.2) is 18.2 Å². The zero-order valence-electron chi connectivity index (χ0n) is 9.95. The van der Waals surface area contributed by atoms with E-state index in [9.17, 15) is 4.39 Å². The van der Waals surface area contributed by atoms with Gasteiger partial charge >= 0.3 is 0 Å². The maximum Gasteiger partial charge on any atom is 0.165 e. The largest absolute Gasteiger partial charge is 0.494 e. The lowest BCUT2D eigenvalue weighted by Gasteiger charge is -2.05. The van der Waals surface area contributed by atoms with Crippen molar-refractivity contribution < 1.29 is 9.13 Å². The van der Waals surface area contributed by atoms with Crippen LogP contribution in [0.4, 0.5) is 10.1 Å². The second-order valence-electron chi connectivity index (χ2n) is 3.76. The van der Waals surface area contributed by atoms with E-state index >= 15 is 0 Å². The highest BCUT2D eigenvalue weighted by atomic mass is 32.1. The van der Waals surface area contributed by atoms with Gasteiger partial charge < -0.3 is 10.5 Å². The van der Waals surface area contributed by atoms with E-state index in [2.05, 4.69) is 6.07 Å². The minimum absolute atomic E-state index is 0.178. The molecule has 92 valence electrons. The van der Waals surface area contributed by atoms with Crippen molar-refractivity contribution in [1.82, 2.24) is 0 Å². The normalized spacial score (nSPS) is 10.1. The van der Waals surface area contributed by atoms with Gasteiger partial charge in [-0.15, -0.1) is 11.3 Å². The van der Waals surface area contributed by atoms with E-state index in [0.717, 1.165) is 16.0 Å². The van der Waals surface area contributed by atoms with Gasteiger partial charge in [0.2, 0.25) is 0 Å². The van der Waals surface area contributed by atoms with Gasteiger partial charge in [0.15, 0.2) is 11.6 Å². The van der Waals surface area contributed by atoms with Gasteiger partial charge in [-0.05, 0) is 30.2 Å². The highest BCUT2D eigenvalue weighted by molar-refractivity contribution is 7.16. The van der Waals surface area contributed by atoms with Crippen molar-refractivity contribution in [2.45, 2.75) is 6.92 Å². The molecule has 18 heavy (non-hydrogen) atoms. The van der Waals surface area contributed by atoms with Crippen LogP contribution in [0.5, 0.6) is 5.75 Å². The lowest BCUT2D eigenvalue weighted by atomic mass is 10.1. The number of halogens is 1. The van der Waals surface area contributed by atoms with Crippen LogP contribution in [0.2, 0.25) is 0 Å². The minimum atomic E-state index is -0.413. The summed E-state index contributed by atoms with van der Waals surface area (Å²) in [5.74, 6) is -0.235. The molecular formula is C13H11FN2OS. The van der Waals surface area contributed by atoms with Crippen LogP contribution in [-0.2, 0) is 0 Å². The van der Waals surface area contributed by atoms with E-state index in [0.29, 0.717) is 10.6 Å². The molecule has 0 bridgehead atoms. The summed E-state index contributed by atoms with van der Waals surface area (Å²) in [6.07, 6.45) is 0. The number of anilines is 1. The van der Waals surface area contributed by atoms with Gasteiger partial charge in [0.25, 0.3) is 0 Å². The van der Waals surface area contributed by atoms with Crippen molar-refractivity contribution in [2.24, 2.45) is 0 Å². The third kappa shape index (κ3) is 1.91. The molecule has 0 unspecified atom stereocenters. The molecule has 1 heterocycles. The van der Waals surface area contributed by atoms with Crippen molar-refractivity contribution in [2.75, 3.05) is 12.8 Å². The lowest BCUT2D eigenvalue weighted by Crippen LogP contribution is -1.90. The molecule has 0 saturated carbocycles. The molecule has 0 radical (unpaired) electrons. The van der Waals surface area contributed by atoms with Gasteiger partial charge in [-0.3, -0.25) is 0 Å². The highest BCUT2D eigenvalue weighted by Gasteiger charge is 2.15. The van der Waals surface area contributed by atoms with Crippen LogP contribution in [-0.4, -0.2) is 7.11 Å². The second-order valence-corrected chi connectivity index (χ2v) is 4.78. The number of methoxy groups -OCH3 is 1. The fourth-order valence-corrected chi connectivity index (χ4v) is 2.71. The first-order valence-electron chi connectivity index (χ1n) is 5.21. The zero-order chi connectivity index (χ0) is 13.3. The molecular weight excluding hydrogens is 251 g/mol. The van der Waals surface area contributed by atoms with Crippen molar-refractivity contribution in [3.05, 3.63) is 34.5 Å². The Bertz CT molecular complexity index is 643. The van der Waals surface area contributed by atoms with Gasteiger partial charge in [-0.1, -0.05) is 6.07 Å². The van der Waals surface area contributed by atoms with Gasteiger partial charge in [0.05, 0.1) is 12.8 Å². The average molecular weight is 262 g/mol. The molecule has 2 rings (SSSR count). The monoisotopic (exact) mass is 262 g/mol. The number of hydrogen-bond donors (Lipinski definition) is 1. The van der Waals surface area contributed by atoms with Crippen molar-refractivity contribution in [1.29, 1.82) is 5.26 Å². The summed E-state index contributed by atoms with van der Waals surface area (Å²) in [4.78, 5) is 1.34. The van der Waals surface area contributed by atoms with Gasteiger partial charge in [-0.2, -0.15) is 5.26 Å². The van der Waals surface area contributed by atoms with E-state index in [-0.39, 0.29) is 5.75 Å². The van der Waals surface area contributed by atoms with Crippen LogP contribution in [0.1, 0.15) is 10.4 Å². The predicted molar refractivity (Wildman–Crippen MR) is 70.1 cm³/mol. The Kier molecular flexibility index (Phi) is 3.21. The molecule has 0 fully saturated rings. The first-order valence-corrected chi connectivity index (χ1v) is 6.03. The van der Waals surface area contributed by atoms with E-state index in [1.807, 2.05) is 6.92 Å². The molecule has 5 heteroatoms. The number of nitrogens with two attached hydrogens (primary N) is 1. The smallest absolute Gasteiger partial charge is 0.165 e. The Labute approximate surface area is 108 Å². The number of hydrogen-bond acceptors (Lipinski definition) is 4. The molecule has 1 aromatic carbocycles. The molecule has 0 atom stereocenters. The Morgan fingerprint density at radius 2 is 2.17 bits per heavy atom. The summed E-state index contributed by atoms with van der Waals surface area (Å²) < 4.78 is 18.3. The maximum atomic E-state index is 13.3. The zero-order valence-corrected chi connectivity index (χ0v) is 10.8. The second kappa shape index (κ2) is 4.67. The van der Waals surface area contributed by atoms with Crippen LogP contribution in [0, 0.1) is 24.1 Å². The number of nitrogen functional groups attached to an aromatic ring is 1. The Morgan fingerprint density at radius 3 is 2.72 bits per heavy atom. The molecule has 0 aliphatic carbocycles. The Hall–Kier alpha value is -2.06. The third-order valence-corrected chi connectivity index (χ3v) is 3.97. The molecule has 0 aliphatic rings. The molecule has 2 aromatic rings. The van der Waals surface area contributed by atoms with Crippen LogP contribution in [0.3, 0.4) is 0 Å². The predicted octanol–water partition coefficient (Wildman–Crippen LogP) is 3.33. The summed E-state index contributed by atoms with van der Waals surface area (Å²) in [5.41, 5.74) is 7.95. The fourth-order valence-electron chi connectivity index (χ4n) is 1.69. The SMILES string of the molecule is COc1cc(-c2sc(C#N)c(N)c2C)ccc1F. The highest BCUT2D eigenvalue weighted by Crippen LogP contribution is 2.39. The number of thiophene rings is 1. The molecule has 0 saturated heterocycles. The Balaban J connectivity index is 2.59. The lowest BCUT2D eigenvalue weighted by molar-refractivity contribution is 0.387. The number of rotatable bonds is 2. The summed E-state index contributed by atoms with van der Waals surface area (Å²) in [6.45, 7) is 1.85. The van der Waals surface area contributed by atoms with Gasteiger partial charge in [-0.25, -0.2) is 4.39 Å². The van der Waals surface area contributed by atoms with Crippen LogP contribution < -0.4 is 10.5 Å². The number of nitriles is 1. The fraction of sp³-hybridized carbons (Fsp3) is 0.154. The quantitative estimate of drug-likeness (QED) is 0.903. The van der Waals surface area contributed by atoms with Crippen molar-refractivity contribution >= 4 is 17.0 Å². The molecule has 0 amide bonds. The topological polar surface area (TPSA) is 59.0 Å². The van der Waals surface area contributed by atoms with Crippen molar-refractivity contribution in [3.8, 4) is 22.3 Å². The minimum Gasteiger partial charge on any atom is -0.494 e. The molecule has 3 nitrogen and oxygen atoms in total. The maximum absolute atomic E-state index is 13.3. The van der Waals surface area contributed by atoms with E-state index in [1.165, 1.54) is 24.5 Å². The standard InChI is InChI=1S/C13H11FN2OS/c1-7-12(16)11(6-15)18-13(7)8-3-4-9(14)10(5-8)17-2/h3-5H,16H2,1-2H3. The number of ether oxygens (including phenoxy) is 1. The molecule has 1 aromatic heterocycles. The van der Waals surface area contributed by atoms with Crippen LogP contribution >= 0.6 is 11.3 Å². The third-order valence-electron chi connectivity index (χ3n) is 2.71. The molecule has 0 spiro atoms. The van der Waals surface area contributed by atoms with Crippen LogP contribution in [0.25, 0.3) is 10.4 Å². The summed E-state index contributed by atoms with van der Waals surface area (Å²) in [7, 11) is 1.42. The Morgan fingerprint density at radius 1 is 1.44 bits per heavy atom. The van der Waals surface area contributed by atoms with Gasteiger partial charge in [0, 0.05) is 4.88 Å². The molecule has 2 N–H and O–H groups in total. The van der Waals surface area contributed by atoms with Crippen molar-refractivity contribution in [3.63, 3.8) is 0 Å². The van der Waals surface area contributed by atoms with E-state index in [1.54, 1.807) is 12.1 Å². The summed E-state index contributed by atoms with van der Waals surface area (Å²) >= 11 is 1.30. The van der Waals surface area contributed by atoms with Gasteiger partial charge in [0.1, 0.15) is 10.9 Å². The number of benzene rings is 1. The first-order chi connectivity index (χ1) is 8.58.